The molecular formula is C3H7NO4S. The lowest BCUT2D eigenvalue weighted by Crippen LogP contribution is -2.11. The average Bonchev–Trinajstić information content (AvgIpc) is 1.62. The monoisotopic (exact) mass is 153 g/mol. The van der Waals surface area contributed by atoms with Gasteiger partial charge in [-0.2, -0.15) is 8.42 Å². The molecule has 5 nitrogen and oxygen atoms in total. The molecule has 0 unspecified atom stereocenters. The van der Waals surface area contributed by atoms with Crippen molar-refractivity contribution >= 4 is 15.8 Å². The summed E-state index contributed by atoms with van der Waals surface area (Å²) in [6.45, 7) is 1.29. The van der Waals surface area contributed by atoms with Crippen molar-refractivity contribution in [3.05, 3.63) is 0 Å². The molecule has 0 aliphatic rings. The SMILES string of the molecule is CC(CS(=O)(=O)O)=NO. The molecule has 0 aromatic rings. The van der Waals surface area contributed by atoms with Crippen LogP contribution in [-0.4, -0.2) is 29.6 Å². The molecule has 0 heterocycles. The molecule has 0 fully saturated rings. The second-order valence-electron chi connectivity index (χ2n) is 1.56. The van der Waals surface area contributed by atoms with Gasteiger partial charge in [-0.05, 0) is 6.92 Å². The third-order valence-electron chi connectivity index (χ3n) is 0.562. The topological polar surface area (TPSA) is 87.0 Å². The van der Waals surface area contributed by atoms with Gasteiger partial charge in [0, 0.05) is 0 Å². The summed E-state index contributed by atoms with van der Waals surface area (Å²) in [6, 6.07) is 0. The quantitative estimate of drug-likeness (QED) is 0.247. The minimum atomic E-state index is -4.03. The zero-order chi connectivity index (χ0) is 7.49. The molecule has 0 atom stereocenters. The standard InChI is InChI=1S/C3H7NO4S/c1-3(4-5)2-9(6,7)8/h5H,2H2,1H3,(H,6,7,8). The van der Waals surface area contributed by atoms with Crippen LogP contribution in [0.15, 0.2) is 5.16 Å². The Labute approximate surface area is 52.7 Å². The van der Waals surface area contributed by atoms with Crippen LogP contribution in [0.5, 0.6) is 0 Å². The van der Waals surface area contributed by atoms with E-state index in [2.05, 4.69) is 5.16 Å². The molecule has 2 N–H and O–H groups in total. The number of nitrogens with zero attached hydrogens (tertiary/aromatic N) is 1. The minimum absolute atomic E-state index is 0.0440. The summed E-state index contributed by atoms with van der Waals surface area (Å²) in [5.74, 6) is -0.622. The normalized spacial score (nSPS) is 13.8. The van der Waals surface area contributed by atoms with Crippen LogP contribution in [0, 0.1) is 0 Å². The first-order chi connectivity index (χ1) is 3.95. The summed E-state index contributed by atoms with van der Waals surface area (Å²) in [5, 5.41) is 10.5. The predicted molar refractivity (Wildman–Crippen MR) is 31.3 cm³/mol. The Hall–Kier alpha value is -0.620. The van der Waals surface area contributed by atoms with Crippen molar-refractivity contribution in [1.82, 2.24) is 0 Å². The van der Waals surface area contributed by atoms with Gasteiger partial charge in [0.25, 0.3) is 10.1 Å². The molecule has 0 amide bonds. The lowest BCUT2D eigenvalue weighted by Gasteiger charge is -1.90. The van der Waals surface area contributed by atoms with Crippen LogP contribution in [0.25, 0.3) is 0 Å². The Balaban J connectivity index is 4.07. The van der Waals surface area contributed by atoms with Crippen LogP contribution in [0.1, 0.15) is 6.92 Å². The molecule has 0 aromatic heterocycles. The Morgan fingerprint density at radius 2 is 2.11 bits per heavy atom. The maximum atomic E-state index is 9.96. The highest BCUT2D eigenvalue weighted by atomic mass is 32.2. The van der Waals surface area contributed by atoms with Gasteiger partial charge in [0.15, 0.2) is 0 Å². The van der Waals surface area contributed by atoms with Crippen molar-refractivity contribution in [2.24, 2.45) is 5.16 Å². The van der Waals surface area contributed by atoms with Crippen molar-refractivity contribution in [2.45, 2.75) is 6.92 Å². The summed E-state index contributed by atoms with van der Waals surface area (Å²) in [6.07, 6.45) is 0. The third-order valence-corrected chi connectivity index (χ3v) is 1.34. The molecule has 0 aliphatic heterocycles. The fourth-order valence-corrected chi connectivity index (χ4v) is 0.879. The third kappa shape index (κ3) is 5.25. The second-order valence-corrected chi connectivity index (χ2v) is 3.01. The molecule has 0 saturated heterocycles. The van der Waals surface area contributed by atoms with Crippen LogP contribution in [0.4, 0.5) is 0 Å². The van der Waals surface area contributed by atoms with E-state index in [9.17, 15) is 8.42 Å². The Kier molecular flexibility index (Phi) is 2.60. The maximum absolute atomic E-state index is 9.96. The summed E-state index contributed by atoms with van der Waals surface area (Å²) >= 11 is 0. The molecule has 9 heavy (non-hydrogen) atoms. The fraction of sp³-hybridized carbons (Fsp3) is 0.667. The summed E-state index contributed by atoms with van der Waals surface area (Å²) in [5.41, 5.74) is -0.0440. The largest absolute Gasteiger partial charge is 0.411 e. The van der Waals surface area contributed by atoms with E-state index < -0.39 is 15.9 Å². The first-order valence-corrected chi connectivity index (χ1v) is 3.69. The molecule has 6 heteroatoms. The van der Waals surface area contributed by atoms with Gasteiger partial charge in [-0.25, -0.2) is 0 Å². The maximum Gasteiger partial charge on any atom is 0.270 e. The van der Waals surface area contributed by atoms with E-state index >= 15 is 0 Å². The predicted octanol–water partition coefficient (Wildman–Crippen LogP) is -0.276. The van der Waals surface area contributed by atoms with Gasteiger partial charge >= 0.3 is 0 Å². The van der Waals surface area contributed by atoms with E-state index in [0.717, 1.165) is 0 Å². The van der Waals surface area contributed by atoms with E-state index in [1.54, 1.807) is 0 Å². The molecular weight excluding hydrogens is 146 g/mol. The molecule has 0 radical (unpaired) electrons. The smallest absolute Gasteiger partial charge is 0.270 e. The minimum Gasteiger partial charge on any atom is -0.411 e. The van der Waals surface area contributed by atoms with Crippen molar-refractivity contribution in [2.75, 3.05) is 5.75 Å². The summed E-state index contributed by atoms with van der Waals surface area (Å²) in [7, 11) is -4.03. The second kappa shape index (κ2) is 2.79. The Morgan fingerprint density at radius 1 is 1.67 bits per heavy atom. The van der Waals surface area contributed by atoms with Crippen LogP contribution in [-0.2, 0) is 10.1 Å². The number of oxime groups is 1. The lowest BCUT2D eigenvalue weighted by atomic mass is 10.5. The van der Waals surface area contributed by atoms with Crippen LogP contribution in [0.2, 0.25) is 0 Å². The zero-order valence-corrected chi connectivity index (χ0v) is 5.59. The highest BCUT2D eigenvalue weighted by Crippen LogP contribution is 1.83. The van der Waals surface area contributed by atoms with Gasteiger partial charge in [0.2, 0.25) is 0 Å². The van der Waals surface area contributed by atoms with Gasteiger partial charge in [-0.15, -0.1) is 0 Å². The summed E-state index contributed by atoms with van der Waals surface area (Å²) in [4.78, 5) is 0. The van der Waals surface area contributed by atoms with E-state index in [1.165, 1.54) is 6.92 Å². The Morgan fingerprint density at radius 3 is 2.22 bits per heavy atom. The van der Waals surface area contributed by atoms with Crippen molar-refractivity contribution < 1.29 is 18.2 Å². The van der Waals surface area contributed by atoms with Gasteiger partial charge in [0.05, 0.1) is 5.71 Å². The molecule has 0 rings (SSSR count). The highest BCUT2D eigenvalue weighted by Gasteiger charge is 2.05. The first-order valence-electron chi connectivity index (χ1n) is 2.08. The van der Waals surface area contributed by atoms with Crippen LogP contribution < -0.4 is 0 Å². The van der Waals surface area contributed by atoms with Crippen molar-refractivity contribution in [1.29, 1.82) is 0 Å². The zero-order valence-electron chi connectivity index (χ0n) is 4.77. The van der Waals surface area contributed by atoms with Gasteiger partial charge in [-0.3, -0.25) is 4.55 Å². The molecule has 0 aromatic carbocycles. The fourth-order valence-electron chi connectivity index (χ4n) is 0.293. The lowest BCUT2D eigenvalue weighted by molar-refractivity contribution is 0.318. The van der Waals surface area contributed by atoms with Crippen molar-refractivity contribution in [3.8, 4) is 0 Å². The van der Waals surface area contributed by atoms with Crippen molar-refractivity contribution in [3.63, 3.8) is 0 Å². The van der Waals surface area contributed by atoms with E-state index in [1.807, 2.05) is 0 Å². The number of rotatable bonds is 2. The first kappa shape index (κ1) is 8.38. The average molecular weight is 153 g/mol. The van der Waals surface area contributed by atoms with Crippen LogP contribution in [0.3, 0.4) is 0 Å². The molecule has 0 aliphatic carbocycles. The molecule has 0 spiro atoms. The summed E-state index contributed by atoms with van der Waals surface area (Å²) < 4.78 is 28.0. The Bertz CT molecular complexity index is 204. The highest BCUT2D eigenvalue weighted by molar-refractivity contribution is 7.86. The van der Waals surface area contributed by atoms with Gasteiger partial charge < -0.3 is 5.21 Å². The number of hydrogen-bond acceptors (Lipinski definition) is 4. The molecule has 0 bridgehead atoms. The molecule has 54 valence electrons. The number of hydrogen-bond donors (Lipinski definition) is 2. The van der Waals surface area contributed by atoms with E-state index in [4.69, 9.17) is 9.76 Å². The van der Waals surface area contributed by atoms with Gasteiger partial charge in [-0.1, -0.05) is 5.16 Å². The van der Waals surface area contributed by atoms with E-state index in [0.29, 0.717) is 0 Å². The van der Waals surface area contributed by atoms with E-state index in [-0.39, 0.29) is 5.71 Å². The van der Waals surface area contributed by atoms with Crippen LogP contribution >= 0.6 is 0 Å². The van der Waals surface area contributed by atoms with Gasteiger partial charge in [0.1, 0.15) is 5.75 Å². The molecule has 0 saturated carbocycles.